The van der Waals surface area contributed by atoms with E-state index in [-0.39, 0.29) is 23.0 Å². The summed E-state index contributed by atoms with van der Waals surface area (Å²) >= 11 is 1.03. The molecule has 0 aliphatic carbocycles. The molecule has 1 aliphatic rings. The Bertz CT molecular complexity index is 1180. The van der Waals surface area contributed by atoms with Crippen LogP contribution in [0.3, 0.4) is 0 Å². The monoisotopic (exact) mass is 481 g/mol. The molecular formula is C26H27NO6S. The number of ether oxygens (including phenoxy) is 3. The number of carbonyl (C=O) groups excluding carboxylic acids is 2. The summed E-state index contributed by atoms with van der Waals surface area (Å²) in [5.41, 5.74) is 1.77. The molecule has 3 rings (SSSR count). The molecule has 0 atom stereocenters. The Morgan fingerprint density at radius 2 is 1.71 bits per heavy atom. The second-order valence-electron chi connectivity index (χ2n) is 7.16. The second-order valence-corrected chi connectivity index (χ2v) is 8.19. The summed E-state index contributed by atoms with van der Waals surface area (Å²) in [5.74, 6) is -0.347. The summed E-state index contributed by atoms with van der Waals surface area (Å²) in [6, 6.07) is 12.4. The molecule has 178 valence electrons. The van der Waals surface area contributed by atoms with E-state index in [0.717, 1.165) is 22.9 Å². The maximum atomic E-state index is 12.8. The normalized spacial score (nSPS) is 15.6. The summed E-state index contributed by atoms with van der Waals surface area (Å²) < 4.78 is 16.4. The number of nitrogens with zero attached hydrogens (tertiary/aromatic N) is 1. The van der Waals surface area contributed by atoms with Gasteiger partial charge in [-0.15, -0.1) is 0 Å². The summed E-state index contributed by atoms with van der Waals surface area (Å²) in [5, 5.41) is 11.0. The predicted molar refractivity (Wildman–Crippen MR) is 134 cm³/mol. The molecule has 7 nitrogen and oxygen atoms in total. The lowest BCUT2D eigenvalue weighted by atomic mass is 10.1. The Morgan fingerprint density at radius 1 is 1.00 bits per heavy atom. The predicted octanol–water partition coefficient (Wildman–Crippen LogP) is 5.49. The molecule has 1 heterocycles. The van der Waals surface area contributed by atoms with Crippen molar-refractivity contribution in [1.82, 2.24) is 0 Å². The molecule has 0 saturated heterocycles. The van der Waals surface area contributed by atoms with Crippen molar-refractivity contribution in [3.8, 4) is 11.5 Å². The van der Waals surface area contributed by atoms with Gasteiger partial charge in [0, 0.05) is 5.56 Å². The number of aryl methyl sites for hydroxylation is 1. The molecule has 1 N–H and O–H groups in total. The SMILES string of the molecule is CCOC(=O)C1=C(O)/C(=C/c2ccc(OCC)c(OCC)c2)SC1=NC(=O)c1ccccc1C. The van der Waals surface area contributed by atoms with Crippen LogP contribution in [0.4, 0.5) is 0 Å². The first-order valence-electron chi connectivity index (χ1n) is 11.0. The molecule has 0 radical (unpaired) electrons. The first-order chi connectivity index (χ1) is 16.4. The zero-order valence-electron chi connectivity index (χ0n) is 19.6. The van der Waals surface area contributed by atoms with E-state index in [1.54, 1.807) is 37.3 Å². The van der Waals surface area contributed by atoms with E-state index in [2.05, 4.69) is 4.99 Å². The van der Waals surface area contributed by atoms with E-state index in [9.17, 15) is 14.7 Å². The molecule has 0 spiro atoms. The summed E-state index contributed by atoms with van der Waals surface area (Å²) in [4.78, 5) is 29.9. The largest absolute Gasteiger partial charge is 0.506 e. The Morgan fingerprint density at radius 3 is 2.38 bits per heavy atom. The molecule has 0 bridgehead atoms. The van der Waals surface area contributed by atoms with Gasteiger partial charge in [0.05, 0.1) is 24.7 Å². The van der Waals surface area contributed by atoms with Crippen molar-refractivity contribution >= 4 is 34.8 Å². The number of aliphatic hydroxyl groups excluding tert-OH is 1. The lowest BCUT2D eigenvalue weighted by Crippen LogP contribution is -2.14. The van der Waals surface area contributed by atoms with Crippen molar-refractivity contribution in [2.24, 2.45) is 4.99 Å². The quantitative estimate of drug-likeness (QED) is 0.498. The maximum absolute atomic E-state index is 12.8. The van der Waals surface area contributed by atoms with Gasteiger partial charge in [0.1, 0.15) is 16.4 Å². The number of hydrogen-bond donors (Lipinski definition) is 1. The molecule has 2 aromatic rings. The first kappa shape index (κ1) is 25.1. The fourth-order valence-electron chi connectivity index (χ4n) is 3.27. The molecule has 34 heavy (non-hydrogen) atoms. The van der Waals surface area contributed by atoms with Gasteiger partial charge in [-0.25, -0.2) is 9.79 Å². The Balaban J connectivity index is 2.02. The van der Waals surface area contributed by atoms with Crippen LogP contribution in [0.15, 0.2) is 63.7 Å². The van der Waals surface area contributed by atoms with Crippen LogP contribution in [0.25, 0.3) is 6.08 Å². The van der Waals surface area contributed by atoms with Crippen LogP contribution in [0.1, 0.15) is 42.3 Å². The molecule has 1 amide bonds. The van der Waals surface area contributed by atoms with Gasteiger partial charge in [-0.2, -0.15) is 0 Å². The van der Waals surface area contributed by atoms with E-state index in [1.165, 1.54) is 0 Å². The van der Waals surface area contributed by atoms with Gasteiger partial charge in [0.15, 0.2) is 11.5 Å². The van der Waals surface area contributed by atoms with Crippen LogP contribution in [-0.4, -0.2) is 41.8 Å². The zero-order valence-corrected chi connectivity index (χ0v) is 20.4. The van der Waals surface area contributed by atoms with Crippen LogP contribution in [-0.2, 0) is 9.53 Å². The smallest absolute Gasteiger partial charge is 0.344 e. The van der Waals surface area contributed by atoms with Crippen molar-refractivity contribution in [2.75, 3.05) is 19.8 Å². The number of esters is 1. The Labute approximate surface area is 203 Å². The molecule has 1 aliphatic heterocycles. The van der Waals surface area contributed by atoms with E-state index in [1.807, 2.05) is 39.0 Å². The highest BCUT2D eigenvalue weighted by molar-refractivity contribution is 8.18. The fraction of sp³-hybridized carbons (Fsp3) is 0.269. The number of carbonyl (C=O) groups is 2. The van der Waals surface area contributed by atoms with E-state index in [4.69, 9.17) is 14.2 Å². The number of rotatable bonds is 8. The van der Waals surface area contributed by atoms with Gasteiger partial charge in [0.2, 0.25) is 0 Å². The highest BCUT2D eigenvalue weighted by atomic mass is 32.2. The number of thioether (sulfide) groups is 1. The Hall–Kier alpha value is -3.52. The number of aliphatic imine (C=N–C) groups is 1. The molecular weight excluding hydrogens is 454 g/mol. The Kier molecular flexibility index (Phi) is 8.54. The van der Waals surface area contributed by atoms with E-state index < -0.39 is 11.9 Å². The molecule has 2 aromatic carbocycles. The van der Waals surface area contributed by atoms with Gasteiger partial charge in [-0.05, 0) is 63.1 Å². The highest BCUT2D eigenvalue weighted by Gasteiger charge is 2.34. The van der Waals surface area contributed by atoms with Crippen molar-refractivity contribution in [1.29, 1.82) is 0 Å². The molecule has 0 aromatic heterocycles. The molecule has 0 fully saturated rings. The van der Waals surface area contributed by atoms with Gasteiger partial charge in [0.25, 0.3) is 5.91 Å². The van der Waals surface area contributed by atoms with Gasteiger partial charge in [-0.1, -0.05) is 36.0 Å². The summed E-state index contributed by atoms with van der Waals surface area (Å²) in [7, 11) is 0. The van der Waals surface area contributed by atoms with Crippen LogP contribution >= 0.6 is 11.8 Å². The van der Waals surface area contributed by atoms with E-state index >= 15 is 0 Å². The van der Waals surface area contributed by atoms with Crippen molar-refractivity contribution in [3.05, 3.63) is 75.4 Å². The minimum Gasteiger partial charge on any atom is -0.506 e. The van der Waals surface area contributed by atoms with Gasteiger partial charge in [-0.3, -0.25) is 4.79 Å². The van der Waals surface area contributed by atoms with Crippen LogP contribution < -0.4 is 9.47 Å². The third-order valence-corrected chi connectivity index (χ3v) is 5.83. The third kappa shape index (κ3) is 5.69. The molecule has 0 saturated carbocycles. The van der Waals surface area contributed by atoms with Gasteiger partial charge < -0.3 is 19.3 Å². The summed E-state index contributed by atoms with van der Waals surface area (Å²) in [6.07, 6.45) is 1.69. The lowest BCUT2D eigenvalue weighted by molar-refractivity contribution is -0.138. The average Bonchev–Trinajstić information content (AvgIpc) is 3.10. The van der Waals surface area contributed by atoms with Crippen LogP contribution in [0.5, 0.6) is 11.5 Å². The van der Waals surface area contributed by atoms with Crippen molar-refractivity contribution in [2.45, 2.75) is 27.7 Å². The fourth-order valence-corrected chi connectivity index (χ4v) is 4.28. The zero-order chi connectivity index (χ0) is 24.7. The lowest BCUT2D eigenvalue weighted by Gasteiger charge is -2.11. The van der Waals surface area contributed by atoms with Gasteiger partial charge >= 0.3 is 5.97 Å². The van der Waals surface area contributed by atoms with Crippen molar-refractivity contribution in [3.63, 3.8) is 0 Å². The highest BCUT2D eigenvalue weighted by Crippen LogP contribution is 2.40. The average molecular weight is 482 g/mol. The second kappa shape index (κ2) is 11.6. The number of amides is 1. The van der Waals surface area contributed by atoms with E-state index in [0.29, 0.717) is 35.2 Å². The minimum atomic E-state index is -0.742. The minimum absolute atomic E-state index is 0.0893. The number of aliphatic hydroxyl groups is 1. The number of hydrogen-bond acceptors (Lipinski definition) is 7. The molecule has 8 heteroatoms. The van der Waals surface area contributed by atoms with Crippen LogP contribution in [0, 0.1) is 6.92 Å². The first-order valence-corrected chi connectivity index (χ1v) is 11.8. The number of benzene rings is 2. The molecule has 0 unspecified atom stereocenters. The van der Waals surface area contributed by atoms with Crippen LogP contribution in [0.2, 0.25) is 0 Å². The third-order valence-electron chi connectivity index (χ3n) is 4.81. The van der Waals surface area contributed by atoms with Crippen molar-refractivity contribution < 1.29 is 28.9 Å². The summed E-state index contributed by atoms with van der Waals surface area (Å²) in [6.45, 7) is 8.32. The standard InChI is InChI=1S/C26H27NO6S/c1-5-31-19-13-12-17(14-20(19)32-6-2)15-21-23(28)22(26(30)33-7-3)25(34-21)27-24(29)18-11-9-8-10-16(18)4/h8-15,28H,5-7H2,1-4H3/b21-15-,27-25?. The topological polar surface area (TPSA) is 94.4 Å². The maximum Gasteiger partial charge on any atom is 0.344 e.